The number of hydrogen-bond acceptors (Lipinski definition) is 13. The fraction of sp³-hybridized carbons (Fsp3) is 0.768. The normalized spacial score (nSPS) is 38.4. The number of cyclic esters (lactones) is 1. The number of rotatable bonds is 12. The Kier molecular flexibility index (Phi) is 25.2. The lowest BCUT2D eigenvalue weighted by atomic mass is 9.78. The summed E-state index contributed by atoms with van der Waals surface area (Å²) in [5, 5.41) is 38.0. The number of fused-ring (bicyclic) bond motifs is 3. The maximum atomic E-state index is 14.5. The zero-order chi connectivity index (χ0) is 51.5. The van der Waals surface area contributed by atoms with Gasteiger partial charge in [0.15, 0.2) is 0 Å². The molecule has 14 heteroatoms. The van der Waals surface area contributed by atoms with Gasteiger partial charge in [0.1, 0.15) is 24.4 Å². The van der Waals surface area contributed by atoms with Crippen LogP contribution in [0.2, 0.25) is 0 Å². The summed E-state index contributed by atoms with van der Waals surface area (Å²) < 4.78 is 35.2. The molecule has 0 spiro atoms. The molecule has 1 aliphatic carbocycles. The van der Waals surface area contributed by atoms with Crippen LogP contribution in [0.15, 0.2) is 59.8 Å². The van der Waals surface area contributed by atoms with Crippen molar-refractivity contribution in [3.8, 4) is 0 Å². The molecule has 70 heavy (non-hydrogen) atoms. The lowest BCUT2D eigenvalue weighted by Crippen LogP contribution is -2.61. The van der Waals surface area contributed by atoms with Gasteiger partial charge in [-0.25, -0.2) is 4.79 Å². The number of ether oxygens (including phenoxy) is 6. The van der Waals surface area contributed by atoms with E-state index in [1.807, 2.05) is 38.2 Å². The molecule has 3 heterocycles. The van der Waals surface area contributed by atoms with E-state index in [1.165, 1.54) is 4.90 Å². The van der Waals surface area contributed by atoms with Crippen molar-refractivity contribution >= 4 is 17.7 Å². The summed E-state index contributed by atoms with van der Waals surface area (Å²) in [5.74, 6) is -5.17. The summed E-state index contributed by atoms with van der Waals surface area (Å²) in [6.07, 6.45) is 16.8. The number of piperidine rings is 1. The van der Waals surface area contributed by atoms with E-state index in [0.29, 0.717) is 90.6 Å². The summed E-state index contributed by atoms with van der Waals surface area (Å²) in [6, 6.07) is -1.21. The Morgan fingerprint density at radius 2 is 1.61 bits per heavy atom. The van der Waals surface area contributed by atoms with Crippen LogP contribution < -0.4 is 5.32 Å². The fourth-order valence-corrected chi connectivity index (χ4v) is 11.0. The first kappa shape index (κ1) is 59.5. The van der Waals surface area contributed by atoms with Crippen molar-refractivity contribution in [2.24, 2.45) is 35.5 Å². The third-order valence-electron chi connectivity index (χ3n) is 15.6. The molecule has 14 nitrogen and oxygen atoms in total. The van der Waals surface area contributed by atoms with Gasteiger partial charge in [0.25, 0.3) is 11.7 Å². The van der Waals surface area contributed by atoms with Gasteiger partial charge in [0.2, 0.25) is 5.79 Å². The molecule has 0 radical (unpaired) electrons. The maximum Gasteiger partial charge on any atom is 0.329 e. The largest absolute Gasteiger partial charge is 0.461 e. The highest BCUT2D eigenvalue weighted by Crippen LogP contribution is 2.38. The minimum atomic E-state index is -2.38. The van der Waals surface area contributed by atoms with Gasteiger partial charge in [-0.2, -0.15) is 0 Å². The maximum absolute atomic E-state index is 14.5. The molecule has 4 rings (SSSR count). The summed E-state index contributed by atoms with van der Waals surface area (Å²) >= 11 is 0. The van der Waals surface area contributed by atoms with E-state index >= 15 is 0 Å². The number of allylic oxidation sites excluding steroid dienone is 6. The van der Waals surface area contributed by atoms with Gasteiger partial charge < -0.3 is 54.0 Å². The third kappa shape index (κ3) is 17.3. The minimum Gasteiger partial charge on any atom is -0.461 e. The number of nitrogens with one attached hydrogen (secondary N) is 1. The second-order valence-electron chi connectivity index (χ2n) is 21.2. The van der Waals surface area contributed by atoms with Crippen LogP contribution in [0, 0.1) is 35.5 Å². The lowest BCUT2D eigenvalue weighted by Gasteiger charge is -2.43. The Balaban J connectivity index is 1.68. The number of methoxy groups -OCH3 is 3. The summed E-state index contributed by atoms with van der Waals surface area (Å²) in [4.78, 5) is 44.7. The molecular formula is C56H92N2O12. The number of nitrogens with zero attached hydrogens (tertiary/aromatic N) is 1. The molecule has 398 valence electrons. The molecule has 3 aliphatic heterocycles. The molecule has 3 fully saturated rings. The molecular weight excluding hydrogens is 893 g/mol. The predicted molar refractivity (Wildman–Crippen MR) is 273 cm³/mol. The van der Waals surface area contributed by atoms with Crippen LogP contribution in [-0.4, -0.2) is 147 Å². The van der Waals surface area contributed by atoms with Crippen LogP contribution in [0.4, 0.5) is 0 Å². The Morgan fingerprint density at radius 3 is 2.33 bits per heavy atom. The van der Waals surface area contributed by atoms with Gasteiger partial charge >= 0.3 is 5.97 Å². The van der Waals surface area contributed by atoms with Crippen molar-refractivity contribution < 1.29 is 58.1 Å². The zero-order valence-corrected chi connectivity index (χ0v) is 44.4. The first-order chi connectivity index (χ1) is 33.3. The first-order valence-electron chi connectivity index (χ1n) is 26.4. The molecule has 0 aromatic rings. The van der Waals surface area contributed by atoms with Gasteiger partial charge in [0, 0.05) is 46.4 Å². The summed E-state index contributed by atoms with van der Waals surface area (Å²) in [6.45, 7) is 20.6. The van der Waals surface area contributed by atoms with E-state index in [4.69, 9.17) is 28.4 Å². The highest BCUT2D eigenvalue weighted by Gasteiger charge is 2.53. The minimum absolute atomic E-state index is 0.000397. The van der Waals surface area contributed by atoms with Crippen LogP contribution in [0.3, 0.4) is 0 Å². The van der Waals surface area contributed by atoms with E-state index in [0.717, 1.165) is 36.0 Å². The Morgan fingerprint density at radius 1 is 0.857 bits per heavy atom. The van der Waals surface area contributed by atoms with E-state index in [1.54, 1.807) is 28.3 Å². The Labute approximate surface area is 420 Å². The average molecular weight is 985 g/mol. The quantitative estimate of drug-likeness (QED) is 0.0650. The van der Waals surface area contributed by atoms with Crippen molar-refractivity contribution in [1.29, 1.82) is 0 Å². The Hall–Kier alpha value is -3.05. The monoisotopic (exact) mass is 985 g/mol. The van der Waals surface area contributed by atoms with Gasteiger partial charge in [-0.3, -0.25) is 9.59 Å². The van der Waals surface area contributed by atoms with E-state index in [9.17, 15) is 29.7 Å². The highest BCUT2D eigenvalue weighted by atomic mass is 16.6. The molecule has 0 aromatic carbocycles. The first-order valence-corrected chi connectivity index (χ1v) is 26.4. The molecule has 1 saturated carbocycles. The second kappa shape index (κ2) is 29.6. The number of carbonyl (C=O) groups is 3. The molecule has 15 atom stereocenters. The number of esters is 1. The van der Waals surface area contributed by atoms with Crippen LogP contribution >= 0.6 is 0 Å². The number of aliphatic hydroxyl groups excluding tert-OH is 2. The number of amides is 1. The molecule has 0 aromatic heterocycles. The predicted octanol–water partition coefficient (Wildman–Crippen LogP) is 7.59. The topological polar surface area (TPSA) is 183 Å². The number of ketones is 1. The number of carbonyl (C=O) groups excluding carboxylic acids is 3. The number of aliphatic hydroxyl groups is 3. The van der Waals surface area contributed by atoms with Crippen LogP contribution in [0.1, 0.15) is 132 Å². The highest BCUT2D eigenvalue weighted by molar-refractivity contribution is 6.39. The zero-order valence-electron chi connectivity index (χ0n) is 44.4. The summed E-state index contributed by atoms with van der Waals surface area (Å²) in [7, 11) is 4.86. The standard InChI is InChI=1S/C56H92N2O12/c1-36-17-13-12-14-18-38(3)46(57-26-28-68-30-29-65-9)35-45-23-21-42(7)56(64,70-45)53(61)54(62)58-27-16-15-19-47(58)55(63)69-49(40(5)33-44-22-24-48(59)50(34-44)66-10)25-20-37(2)32-41(6)51(60)52(67-11)43(8)39(4)31-36/h12-14,17-18,32,36-37,39-40,42,44-52,57,59-60,64H,8,15-16,19-31,33-35H2,1-7,9-11H3/b14-12+,17-13+,38-18+,41-32+. The molecule has 15 unspecified atom stereocenters. The SMILES string of the molecule is C=C1C(C)CC(C)/C=C/C=C/C=C(\C)C(NCCOCCOC)CC2CCC(C)C(O)(O2)C(=O)C(=O)N2CCCCC2C(=O)OC(C(C)CC2CCC(O)C(OC)C2)CCC(C)/C=C(\C)C(O)C1OC. The van der Waals surface area contributed by atoms with Crippen LogP contribution in [-0.2, 0) is 42.8 Å². The third-order valence-corrected chi connectivity index (χ3v) is 15.6. The van der Waals surface area contributed by atoms with Gasteiger partial charge in [-0.15, -0.1) is 0 Å². The fourth-order valence-electron chi connectivity index (χ4n) is 11.0. The number of Topliss-reactive ketones (excluding diaryl/α,β-unsaturated/α-hetero) is 1. The van der Waals surface area contributed by atoms with E-state index in [2.05, 4.69) is 51.7 Å². The van der Waals surface area contributed by atoms with Crippen molar-refractivity contribution in [2.75, 3.05) is 54.2 Å². The van der Waals surface area contributed by atoms with Crippen molar-refractivity contribution in [3.05, 3.63) is 59.8 Å². The van der Waals surface area contributed by atoms with E-state index in [-0.39, 0.29) is 48.3 Å². The van der Waals surface area contributed by atoms with Gasteiger partial charge in [-0.05, 0) is 138 Å². The van der Waals surface area contributed by atoms with Crippen molar-refractivity contribution in [2.45, 2.75) is 186 Å². The van der Waals surface area contributed by atoms with Crippen molar-refractivity contribution in [1.82, 2.24) is 10.2 Å². The smallest absolute Gasteiger partial charge is 0.329 e. The lowest BCUT2D eigenvalue weighted by molar-refractivity contribution is -0.264. The summed E-state index contributed by atoms with van der Waals surface area (Å²) in [5.41, 5.74) is 2.61. The van der Waals surface area contributed by atoms with Gasteiger partial charge in [0.05, 0.1) is 38.1 Å². The van der Waals surface area contributed by atoms with Crippen LogP contribution in [0.5, 0.6) is 0 Å². The average Bonchev–Trinajstić information content (AvgIpc) is 3.34. The second-order valence-corrected chi connectivity index (χ2v) is 21.2. The Bertz CT molecular complexity index is 1780. The van der Waals surface area contributed by atoms with Gasteiger partial charge in [-0.1, -0.05) is 83.2 Å². The van der Waals surface area contributed by atoms with E-state index < -0.39 is 65.9 Å². The molecule has 4 N–H and O–H groups in total. The molecule has 2 saturated heterocycles. The number of hydrogen-bond donors (Lipinski definition) is 4. The molecule has 1 amide bonds. The van der Waals surface area contributed by atoms with Crippen molar-refractivity contribution in [3.63, 3.8) is 0 Å². The van der Waals surface area contributed by atoms with Crippen LogP contribution in [0.25, 0.3) is 0 Å². The molecule has 4 aliphatic rings. The molecule has 2 bridgehead atoms.